The van der Waals surface area contributed by atoms with Crippen LogP contribution in [0.2, 0.25) is 0 Å². The van der Waals surface area contributed by atoms with Crippen LogP contribution < -0.4 is 10.1 Å². The predicted octanol–water partition coefficient (Wildman–Crippen LogP) is 1.74. The van der Waals surface area contributed by atoms with Gasteiger partial charge < -0.3 is 15.2 Å². The van der Waals surface area contributed by atoms with Crippen molar-refractivity contribution in [2.24, 2.45) is 11.8 Å². The highest BCUT2D eigenvalue weighted by molar-refractivity contribution is 5.94. The number of methoxy groups -OCH3 is 1. The molecule has 12 heteroatoms. The Labute approximate surface area is 150 Å². The zero-order valence-corrected chi connectivity index (χ0v) is 14.0. The summed E-state index contributed by atoms with van der Waals surface area (Å²) in [7, 11) is 1.24. The number of carbonyl (C=O) groups excluding carboxylic acids is 1. The highest BCUT2D eigenvalue weighted by Crippen LogP contribution is 2.37. The number of carboxylic acid groups (broad SMARTS) is 1. The Hall–Kier alpha value is -2.89. The minimum Gasteiger partial charge on any atom is -0.494 e. The van der Waals surface area contributed by atoms with Crippen LogP contribution in [0.1, 0.15) is 0 Å². The predicted molar refractivity (Wildman–Crippen MR) is 85.4 cm³/mol. The number of nitro groups is 1. The van der Waals surface area contributed by atoms with Crippen LogP contribution in [-0.2, 0) is 9.59 Å². The molecule has 1 aromatic rings. The van der Waals surface area contributed by atoms with E-state index >= 15 is 0 Å². The molecule has 0 aliphatic carbocycles. The molecular weight excluding hydrogens is 375 g/mol. The summed E-state index contributed by atoms with van der Waals surface area (Å²) in [4.78, 5) is 34.4. The lowest BCUT2D eigenvalue weighted by Gasteiger charge is -2.18. The largest absolute Gasteiger partial charge is 0.494 e. The van der Waals surface area contributed by atoms with Gasteiger partial charge in [0.2, 0.25) is 5.91 Å². The number of anilines is 1. The number of nitrogens with zero attached hydrogens (tertiary/aromatic N) is 2. The van der Waals surface area contributed by atoms with Gasteiger partial charge in [-0.25, -0.2) is 0 Å². The number of hydrogen-bond acceptors (Lipinski definition) is 6. The summed E-state index contributed by atoms with van der Waals surface area (Å²) in [6.07, 6.45) is -4.68. The van der Waals surface area contributed by atoms with Crippen LogP contribution in [0, 0.1) is 22.0 Å². The first-order chi connectivity index (χ1) is 12.5. The van der Waals surface area contributed by atoms with E-state index in [0.29, 0.717) is 0 Å². The minimum atomic E-state index is -4.68. The van der Waals surface area contributed by atoms with E-state index < -0.39 is 54.4 Å². The van der Waals surface area contributed by atoms with Gasteiger partial charge in [0.1, 0.15) is 5.75 Å². The Kier molecular flexibility index (Phi) is 5.88. The van der Waals surface area contributed by atoms with Crippen molar-refractivity contribution in [2.75, 3.05) is 32.1 Å². The van der Waals surface area contributed by atoms with Gasteiger partial charge in [-0.1, -0.05) is 0 Å². The van der Waals surface area contributed by atoms with Gasteiger partial charge in [-0.3, -0.25) is 24.6 Å². The molecule has 1 aliphatic rings. The molecule has 0 aromatic heterocycles. The van der Waals surface area contributed by atoms with Crippen molar-refractivity contribution in [3.05, 3.63) is 28.3 Å². The SMILES string of the molecule is COc1cc([N+](=O)[O-])ccc1NC(=O)CN1C[C@@H](C(F)(F)F)[C@H](C(=O)O)C1. The first-order valence-corrected chi connectivity index (χ1v) is 7.67. The van der Waals surface area contributed by atoms with Crippen LogP contribution in [0.3, 0.4) is 0 Å². The van der Waals surface area contributed by atoms with Gasteiger partial charge in [-0.05, 0) is 6.07 Å². The lowest BCUT2D eigenvalue weighted by atomic mass is 9.96. The number of halogens is 3. The molecule has 1 fully saturated rings. The van der Waals surface area contributed by atoms with Crippen LogP contribution in [0.25, 0.3) is 0 Å². The molecule has 2 rings (SSSR count). The number of ether oxygens (including phenoxy) is 1. The molecule has 2 N–H and O–H groups in total. The highest BCUT2D eigenvalue weighted by Gasteiger charge is 2.52. The summed E-state index contributed by atoms with van der Waals surface area (Å²) in [5, 5.41) is 22.1. The van der Waals surface area contributed by atoms with Crippen molar-refractivity contribution in [1.29, 1.82) is 0 Å². The summed E-state index contributed by atoms with van der Waals surface area (Å²) >= 11 is 0. The Morgan fingerprint density at radius 2 is 2.07 bits per heavy atom. The molecule has 1 aromatic carbocycles. The third-order valence-electron chi connectivity index (χ3n) is 4.17. The average molecular weight is 391 g/mol. The van der Waals surface area contributed by atoms with Crippen LogP contribution in [0.4, 0.5) is 24.5 Å². The first-order valence-electron chi connectivity index (χ1n) is 7.67. The fraction of sp³-hybridized carbons (Fsp3) is 0.467. The fourth-order valence-electron chi connectivity index (χ4n) is 2.89. The Balaban J connectivity index is 2.06. The molecule has 0 radical (unpaired) electrons. The quantitative estimate of drug-likeness (QED) is 0.559. The summed E-state index contributed by atoms with van der Waals surface area (Å²) in [5.74, 6) is -5.97. The molecule has 0 unspecified atom stereocenters. The van der Waals surface area contributed by atoms with E-state index in [9.17, 15) is 32.9 Å². The second-order valence-corrected chi connectivity index (χ2v) is 5.98. The topological polar surface area (TPSA) is 122 Å². The van der Waals surface area contributed by atoms with Gasteiger partial charge in [0.25, 0.3) is 5.69 Å². The van der Waals surface area contributed by atoms with E-state index in [1.165, 1.54) is 13.2 Å². The van der Waals surface area contributed by atoms with Crippen LogP contribution in [-0.4, -0.2) is 59.7 Å². The minimum absolute atomic E-state index is 0.00977. The molecule has 0 bridgehead atoms. The van der Waals surface area contributed by atoms with E-state index in [4.69, 9.17) is 9.84 Å². The van der Waals surface area contributed by atoms with E-state index in [1.807, 2.05) is 0 Å². The maximum absolute atomic E-state index is 13.0. The normalized spacial score (nSPS) is 20.3. The number of alkyl halides is 3. The summed E-state index contributed by atoms with van der Waals surface area (Å²) in [5.41, 5.74) is -0.156. The molecule has 9 nitrogen and oxygen atoms in total. The maximum atomic E-state index is 13.0. The van der Waals surface area contributed by atoms with Crippen molar-refractivity contribution in [3.63, 3.8) is 0 Å². The monoisotopic (exact) mass is 391 g/mol. The number of aliphatic carboxylic acids is 1. The Bertz CT molecular complexity index is 755. The van der Waals surface area contributed by atoms with E-state index in [-0.39, 0.29) is 17.1 Å². The smallest absolute Gasteiger partial charge is 0.393 e. The van der Waals surface area contributed by atoms with Gasteiger partial charge in [0.15, 0.2) is 0 Å². The van der Waals surface area contributed by atoms with Crippen LogP contribution in [0.5, 0.6) is 5.75 Å². The van der Waals surface area contributed by atoms with Gasteiger partial charge >= 0.3 is 12.1 Å². The van der Waals surface area contributed by atoms with Crippen LogP contribution >= 0.6 is 0 Å². The number of rotatable bonds is 6. The van der Waals surface area contributed by atoms with E-state index in [0.717, 1.165) is 17.0 Å². The number of non-ortho nitro benzene ring substituents is 1. The van der Waals surface area contributed by atoms with Gasteiger partial charge in [-0.15, -0.1) is 0 Å². The number of benzene rings is 1. The van der Waals surface area contributed by atoms with Gasteiger partial charge in [0, 0.05) is 19.2 Å². The van der Waals surface area contributed by atoms with E-state index in [1.54, 1.807) is 0 Å². The van der Waals surface area contributed by atoms with Crippen LogP contribution in [0.15, 0.2) is 18.2 Å². The fourth-order valence-corrected chi connectivity index (χ4v) is 2.89. The number of nitrogens with one attached hydrogen (secondary N) is 1. The van der Waals surface area contributed by atoms with Gasteiger partial charge in [0.05, 0.1) is 42.2 Å². The van der Waals surface area contributed by atoms with Crippen molar-refractivity contribution in [2.45, 2.75) is 6.18 Å². The highest BCUT2D eigenvalue weighted by atomic mass is 19.4. The molecule has 1 amide bonds. The molecule has 1 aliphatic heterocycles. The number of carboxylic acids is 1. The Morgan fingerprint density at radius 1 is 1.41 bits per heavy atom. The number of likely N-dealkylation sites (tertiary alicyclic amines) is 1. The molecule has 1 heterocycles. The number of carbonyl (C=O) groups is 2. The molecule has 27 heavy (non-hydrogen) atoms. The molecular formula is C15H16F3N3O6. The first kappa shape index (κ1) is 20.4. The summed E-state index contributed by atoms with van der Waals surface area (Å²) in [6, 6.07) is 3.46. The summed E-state index contributed by atoms with van der Waals surface area (Å²) in [6.45, 7) is -1.48. The van der Waals surface area contributed by atoms with Gasteiger partial charge in [-0.2, -0.15) is 13.2 Å². The van der Waals surface area contributed by atoms with Crippen molar-refractivity contribution < 1.29 is 37.5 Å². The van der Waals surface area contributed by atoms with Crippen molar-refractivity contribution in [1.82, 2.24) is 4.90 Å². The molecule has 148 valence electrons. The lowest BCUT2D eigenvalue weighted by molar-refractivity contribution is -0.384. The standard InChI is InChI=1S/C15H16F3N3O6/c1-27-12-4-8(21(25)26)2-3-11(12)19-13(22)7-20-5-9(14(23)24)10(6-20)15(16,17)18/h2-4,9-10H,5-7H2,1H3,(H,19,22)(H,23,24)/t9-,10-/m1/s1. The molecule has 1 saturated heterocycles. The van der Waals surface area contributed by atoms with E-state index in [2.05, 4.69) is 5.32 Å². The zero-order chi connectivity index (χ0) is 20.4. The van der Waals surface area contributed by atoms with Crippen molar-refractivity contribution in [3.8, 4) is 5.75 Å². The second-order valence-electron chi connectivity index (χ2n) is 5.98. The third-order valence-corrected chi connectivity index (χ3v) is 4.17. The second kappa shape index (κ2) is 7.78. The molecule has 0 spiro atoms. The summed E-state index contributed by atoms with van der Waals surface area (Å²) < 4.78 is 43.9. The zero-order valence-electron chi connectivity index (χ0n) is 14.0. The number of amides is 1. The number of hydrogen-bond donors (Lipinski definition) is 2. The molecule has 0 saturated carbocycles. The molecule has 2 atom stereocenters. The lowest BCUT2D eigenvalue weighted by Crippen LogP contribution is -2.34. The Morgan fingerprint density at radius 3 is 2.56 bits per heavy atom. The third kappa shape index (κ3) is 4.84. The maximum Gasteiger partial charge on any atom is 0.393 e. The van der Waals surface area contributed by atoms with Crippen molar-refractivity contribution >= 4 is 23.3 Å². The average Bonchev–Trinajstić information content (AvgIpc) is 2.99. The number of nitro benzene ring substituents is 1.